The molecule has 30 heavy (non-hydrogen) atoms. The highest BCUT2D eigenvalue weighted by Gasteiger charge is 2.31. The first-order valence-electron chi connectivity index (χ1n) is 10.3. The van der Waals surface area contributed by atoms with Gasteiger partial charge in [0.1, 0.15) is 5.78 Å². The van der Waals surface area contributed by atoms with Gasteiger partial charge in [0.05, 0.1) is 0 Å². The van der Waals surface area contributed by atoms with E-state index in [1.165, 1.54) is 0 Å². The minimum Gasteiger partial charge on any atom is -0.300 e. The van der Waals surface area contributed by atoms with Gasteiger partial charge in [-0.2, -0.15) is 0 Å². The number of hydrogen-bond acceptors (Lipinski definition) is 2. The van der Waals surface area contributed by atoms with Gasteiger partial charge in [-0.1, -0.05) is 77.8 Å². The highest BCUT2D eigenvalue weighted by atomic mass is 79.9. The monoisotopic (exact) mass is 483 g/mol. The van der Waals surface area contributed by atoms with E-state index in [9.17, 15) is 9.36 Å². The SMILES string of the molecule is CCCCC(=O)CC(NP(=O)(c1ccccc1)c1ccccc1)c1ccc(Br)cc1. The molecule has 0 spiro atoms. The fraction of sp³-hybridized carbons (Fsp3) is 0.240. The lowest BCUT2D eigenvalue weighted by Crippen LogP contribution is -2.31. The molecule has 5 heteroatoms. The van der Waals surface area contributed by atoms with E-state index in [4.69, 9.17) is 0 Å². The van der Waals surface area contributed by atoms with Crippen molar-refractivity contribution in [1.29, 1.82) is 0 Å². The second-order valence-electron chi connectivity index (χ2n) is 7.36. The molecule has 0 bridgehead atoms. The van der Waals surface area contributed by atoms with Crippen molar-refractivity contribution in [2.75, 3.05) is 0 Å². The first-order chi connectivity index (χ1) is 14.5. The second-order valence-corrected chi connectivity index (χ2v) is 10.8. The summed E-state index contributed by atoms with van der Waals surface area (Å²) in [7, 11) is -3.15. The smallest absolute Gasteiger partial charge is 0.205 e. The number of carbonyl (C=O) groups is 1. The van der Waals surface area contributed by atoms with Crippen molar-refractivity contribution in [3.8, 4) is 0 Å². The summed E-state index contributed by atoms with van der Waals surface area (Å²) in [6.45, 7) is 2.08. The van der Waals surface area contributed by atoms with Crippen LogP contribution in [0.2, 0.25) is 0 Å². The molecule has 0 heterocycles. The van der Waals surface area contributed by atoms with Gasteiger partial charge in [0.15, 0.2) is 0 Å². The van der Waals surface area contributed by atoms with E-state index in [1.54, 1.807) is 0 Å². The maximum Gasteiger partial charge on any atom is 0.205 e. The topological polar surface area (TPSA) is 46.2 Å². The highest BCUT2D eigenvalue weighted by molar-refractivity contribution is 9.10. The second kappa shape index (κ2) is 10.9. The Morgan fingerprint density at radius 3 is 1.93 bits per heavy atom. The summed E-state index contributed by atoms with van der Waals surface area (Å²) in [5.41, 5.74) is 0.954. The predicted molar refractivity (Wildman–Crippen MR) is 129 cm³/mol. The van der Waals surface area contributed by atoms with Crippen LogP contribution in [0, 0.1) is 0 Å². The Morgan fingerprint density at radius 1 is 0.900 bits per heavy atom. The summed E-state index contributed by atoms with van der Waals surface area (Å²) < 4.78 is 15.4. The lowest BCUT2D eigenvalue weighted by atomic mass is 10.00. The summed E-state index contributed by atoms with van der Waals surface area (Å²) in [5, 5.41) is 4.90. The van der Waals surface area contributed by atoms with Gasteiger partial charge in [-0.15, -0.1) is 0 Å². The number of rotatable bonds is 10. The molecule has 1 atom stereocenters. The predicted octanol–water partition coefficient (Wildman–Crippen LogP) is 6.16. The number of benzene rings is 3. The fourth-order valence-corrected chi connectivity index (χ4v) is 6.15. The lowest BCUT2D eigenvalue weighted by molar-refractivity contribution is -0.119. The summed E-state index contributed by atoms with van der Waals surface area (Å²) in [6.07, 6.45) is 2.72. The van der Waals surface area contributed by atoms with Crippen LogP contribution in [0.25, 0.3) is 0 Å². The molecule has 0 aliphatic carbocycles. The van der Waals surface area contributed by atoms with E-state index >= 15 is 0 Å². The van der Waals surface area contributed by atoms with Gasteiger partial charge >= 0.3 is 0 Å². The van der Waals surface area contributed by atoms with Gasteiger partial charge in [0, 0.05) is 34.0 Å². The van der Waals surface area contributed by atoms with Gasteiger partial charge in [-0.05, 0) is 48.4 Å². The van der Waals surface area contributed by atoms with Crippen LogP contribution in [0.15, 0.2) is 89.4 Å². The van der Waals surface area contributed by atoms with Crippen molar-refractivity contribution >= 4 is 39.6 Å². The van der Waals surface area contributed by atoms with Crippen LogP contribution in [0.3, 0.4) is 0 Å². The van der Waals surface area contributed by atoms with Crippen LogP contribution in [-0.4, -0.2) is 5.78 Å². The molecule has 0 fully saturated rings. The number of hydrogen-bond donors (Lipinski definition) is 1. The quantitative estimate of drug-likeness (QED) is 0.351. The molecule has 0 radical (unpaired) electrons. The van der Waals surface area contributed by atoms with E-state index in [1.807, 2.05) is 84.9 Å². The van der Waals surface area contributed by atoms with E-state index in [0.717, 1.165) is 33.5 Å². The maximum absolute atomic E-state index is 14.4. The van der Waals surface area contributed by atoms with Crippen LogP contribution in [0.4, 0.5) is 0 Å². The lowest BCUT2D eigenvalue weighted by Gasteiger charge is -2.27. The minimum atomic E-state index is -3.15. The normalized spacial score (nSPS) is 12.5. The van der Waals surface area contributed by atoms with Crippen LogP contribution >= 0.6 is 23.2 Å². The number of unbranched alkanes of at least 4 members (excludes halogenated alkanes) is 1. The number of carbonyl (C=O) groups excluding carboxylic acids is 1. The van der Waals surface area contributed by atoms with E-state index < -0.39 is 7.29 Å². The Balaban J connectivity index is 2.01. The van der Waals surface area contributed by atoms with Gasteiger partial charge in [0.2, 0.25) is 7.29 Å². The fourth-order valence-electron chi connectivity index (χ4n) is 3.43. The summed E-state index contributed by atoms with van der Waals surface area (Å²) in [6, 6.07) is 26.5. The molecule has 1 N–H and O–H groups in total. The third-order valence-electron chi connectivity index (χ3n) is 5.09. The van der Waals surface area contributed by atoms with Crippen molar-refractivity contribution < 1.29 is 9.36 Å². The first-order valence-corrected chi connectivity index (χ1v) is 12.8. The zero-order chi connectivity index (χ0) is 21.4. The van der Waals surface area contributed by atoms with Crippen molar-refractivity contribution in [2.24, 2.45) is 0 Å². The van der Waals surface area contributed by atoms with Crippen molar-refractivity contribution in [1.82, 2.24) is 5.09 Å². The molecule has 1 unspecified atom stereocenters. The Labute approximate surface area is 187 Å². The number of Topliss-reactive ketones (excluding diaryl/α,β-unsaturated/α-hetero) is 1. The third-order valence-corrected chi connectivity index (χ3v) is 8.35. The summed E-state index contributed by atoms with van der Waals surface area (Å²) in [5.74, 6) is 0.185. The van der Waals surface area contributed by atoms with E-state index in [-0.39, 0.29) is 11.8 Å². The van der Waals surface area contributed by atoms with Gasteiger partial charge in [0.25, 0.3) is 0 Å². The molecule has 3 nitrogen and oxygen atoms in total. The highest BCUT2D eigenvalue weighted by Crippen LogP contribution is 2.42. The minimum absolute atomic E-state index is 0.185. The molecular weight excluding hydrogens is 457 g/mol. The molecule has 3 aromatic rings. The first kappa shape index (κ1) is 22.7. The zero-order valence-electron chi connectivity index (χ0n) is 17.1. The Bertz CT molecular complexity index is 947. The number of nitrogens with one attached hydrogen (secondary N) is 1. The summed E-state index contributed by atoms with van der Waals surface area (Å²) in [4.78, 5) is 12.7. The number of ketones is 1. The zero-order valence-corrected chi connectivity index (χ0v) is 19.6. The van der Waals surface area contributed by atoms with Crippen molar-refractivity contribution in [3.05, 3.63) is 95.0 Å². The average molecular weight is 484 g/mol. The molecule has 3 rings (SSSR count). The molecule has 3 aromatic carbocycles. The molecule has 0 aromatic heterocycles. The Hall–Kier alpha value is -2.00. The van der Waals surface area contributed by atoms with Gasteiger partial charge in [-0.3, -0.25) is 14.4 Å². The molecule has 0 saturated heterocycles. The van der Waals surface area contributed by atoms with Crippen molar-refractivity contribution in [3.63, 3.8) is 0 Å². The third kappa shape index (κ3) is 5.78. The standard InChI is InChI=1S/C25H27BrNO2P/c1-2-3-10-22(28)19-25(20-15-17-21(26)18-16-20)27-30(29,23-11-6-4-7-12-23)24-13-8-5-9-14-24/h4-9,11-18,25H,2-3,10,19H2,1H3,(H,27,29). The molecule has 0 amide bonds. The Morgan fingerprint density at radius 2 is 1.43 bits per heavy atom. The van der Waals surface area contributed by atoms with Crippen LogP contribution in [0.1, 0.15) is 44.2 Å². The Kier molecular flexibility index (Phi) is 8.21. The largest absolute Gasteiger partial charge is 0.300 e. The van der Waals surface area contributed by atoms with Gasteiger partial charge in [-0.25, -0.2) is 0 Å². The molecule has 156 valence electrons. The average Bonchev–Trinajstić information content (AvgIpc) is 2.79. The van der Waals surface area contributed by atoms with Crippen molar-refractivity contribution in [2.45, 2.75) is 38.6 Å². The van der Waals surface area contributed by atoms with Crippen LogP contribution < -0.4 is 15.7 Å². The summed E-state index contributed by atoms with van der Waals surface area (Å²) >= 11 is 3.47. The van der Waals surface area contributed by atoms with E-state index in [0.29, 0.717) is 12.8 Å². The van der Waals surface area contributed by atoms with Crippen LogP contribution in [0.5, 0.6) is 0 Å². The molecular formula is C25H27BrNO2P. The number of halogens is 1. The molecule has 0 saturated carbocycles. The van der Waals surface area contributed by atoms with Crippen LogP contribution in [-0.2, 0) is 9.36 Å². The van der Waals surface area contributed by atoms with Gasteiger partial charge < -0.3 is 0 Å². The molecule has 0 aliphatic rings. The molecule has 0 aliphatic heterocycles. The van der Waals surface area contributed by atoms with E-state index in [2.05, 4.69) is 27.9 Å². The maximum atomic E-state index is 14.4.